The Morgan fingerprint density at radius 3 is 2.94 bits per heavy atom. The minimum absolute atomic E-state index is 0.0513. The van der Waals surface area contributed by atoms with E-state index in [4.69, 9.17) is 23.2 Å². The highest BCUT2D eigenvalue weighted by Gasteiger charge is 2.33. The number of hydrogen-bond acceptors (Lipinski definition) is 1. The lowest BCUT2D eigenvalue weighted by molar-refractivity contribution is 0.252. The molecule has 0 saturated heterocycles. The highest BCUT2D eigenvalue weighted by molar-refractivity contribution is 6.31. The topological polar surface area (TPSA) is 19.0 Å². The zero-order valence-corrected chi connectivity index (χ0v) is 12.3. The molecule has 0 aliphatic heterocycles. The molecular formula is C14H18Cl2N2. The Morgan fingerprint density at radius 1 is 1.44 bits per heavy atom. The summed E-state index contributed by atoms with van der Waals surface area (Å²) in [5, 5.41) is 0.836. The van der Waals surface area contributed by atoms with Crippen LogP contribution in [0.15, 0.2) is 6.08 Å². The van der Waals surface area contributed by atoms with Crippen molar-refractivity contribution in [3.8, 4) is 0 Å². The molecule has 0 saturated carbocycles. The van der Waals surface area contributed by atoms with Crippen molar-refractivity contribution in [1.82, 2.24) is 9.88 Å². The molecule has 0 bridgehead atoms. The van der Waals surface area contributed by atoms with Crippen molar-refractivity contribution < 1.29 is 0 Å². The summed E-state index contributed by atoms with van der Waals surface area (Å²) in [5.74, 6) is 0. The Kier molecular flexibility index (Phi) is 3.21. The molecule has 0 amide bonds. The van der Waals surface area contributed by atoms with Crippen molar-refractivity contribution >= 4 is 28.8 Å². The number of aromatic nitrogens is 1. The van der Waals surface area contributed by atoms with E-state index in [1.165, 1.54) is 16.7 Å². The Bertz CT molecular complexity index is 504. The van der Waals surface area contributed by atoms with E-state index >= 15 is 0 Å². The molecule has 1 aromatic rings. The number of allylic oxidation sites excluding steroid dienone is 1. The van der Waals surface area contributed by atoms with Crippen molar-refractivity contribution in [2.45, 2.75) is 37.6 Å². The molecule has 98 valence electrons. The van der Waals surface area contributed by atoms with E-state index in [1.807, 2.05) is 0 Å². The lowest BCUT2D eigenvalue weighted by atomic mass is 9.81. The number of alkyl halides is 1. The summed E-state index contributed by atoms with van der Waals surface area (Å²) in [7, 11) is 2.19. The number of H-pyrrole nitrogens is 1. The van der Waals surface area contributed by atoms with Crippen LogP contribution in [-0.2, 0) is 6.42 Å². The molecule has 2 aliphatic carbocycles. The number of nitrogens with zero attached hydrogens (tertiary/aromatic N) is 1. The summed E-state index contributed by atoms with van der Waals surface area (Å²) in [6.07, 6.45) is 5.34. The van der Waals surface area contributed by atoms with Crippen LogP contribution in [0.3, 0.4) is 0 Å². The molecule has 1 aromatic heterocycles. The maximum atomic E-state index is 6.36. The maximum absolute atomic E-state index is 6.36. The van der Waals surface area contributed by atoms with Crippen molar-refractivity contribution in [1.29, 1.82) is 0 Å². The fourth-order valence-corrected chi connectivity index (χ4v) is 3.63. The van der Waals surface area contributed by atoms with Gasteiger partial charge in [0.2, 0.25) is 0 Å². The maximum Gasteiger partial charge on any atom is 0.110 e. The Morgan fingerprint density at radius 2 is 2.22 bits per heavy atom. The van der Waals surface area contributed by atoms with Crippen LogP contribution in [0.25, 0.3) is 5.57 Å². The fourth-order valence-electron chi connectivity index (χ4n) is 3.10. The van der Waals surface area contributed by atoms with Gasteiger partial charge in [-0.1, -0.05) is 24.6 Å². The van der Waals surface area contributed by atoms with Gasteiger partial charge >= 0.3 is 0 Å². The number of aromatic amines is 1. The Balaban J connectivity index is 2.05. The molecule has 3 rings (SSSR count). The predicted molar refractivity (Wildman–Crippen MR) is 77.4 cm³/mol. The van der Waals surface area contributed by atoms with E-state index in [2.05, 4.69) is 29.9 Å². The number of halogens is 2. The molecule has 2 atom stereocenters. The second kappa shape index (κ2) is 4.59. The van der Waals surface area contributed by atoms with Gasteiger partial charge in [-0.05, 0) is 44.0 Å². The molecule has 1 heterocycles. The molecule has 18 heavy (non-hydrogen) atoms. The van der Waals surface area contributed by atoms with E-state index in [-0.39, 0.29) is 5.38 Å². The second-order valence-corrected chi connectivity index (χ2v) is 6.18. The molecular weight excluding hydrogens is 267 g/mol. The molecule has 0 spiro atoms. The lowest BCUT2D eigenvalue weighted by Crippen LogP contribution is -2.36. The first-order chi connectivity index (χ1) is 8.61. The number of nitrogens with one attached hydrogen (secondary N) is 1. The number of rotatable bonds is 2. The Labute approximate surface area is 118 Å². The zero-order chi connectivity index (χ0) is 12.9. The Hall–Kier alpha value is -0.440. The minimum atomic E-state index is 0.0513. The third kappa shape index (κ3) is 1.82. The van der Waals surface area contributed by atoms with Gasteiger partial charge in [0, 0.05) is 17.3 Å². The summed E-state index contributed by atoms with van der Waals surface area (Å²) < 4.78 is 0. The first kappa shape index (κ1) is 12.6. The van der Waals surface area contributed by atoms with E-state index in [0.717, 1.165) is 36.7 Å². The third-order valence-electron chi connectivity index (χ3n) is 4.30. The molecule has 0 aromatic carbocycles. The van der Waals surface area contributed by atoms with Crippen molar-refractivity contribution in [3.63, 3.8) is 0 Å². The van der Waals surface area contributed by atoms with Crippen LogP contribution >= 0.6 is 23.2 Å². The standard InChI is InChI=1S/C14H18Cl2N2/c1-3-18(2)9-6-8-4-5-11(15)13-12(8)10(7-9)14(16)17-13/h4,9,11,17H,3,5-7H2,1-2H3. The average molecular weight is 285 g/mol. The molecule has 1 N–H and O–H groups in total. The van der Waals surface area contributed by atoms with E-state index < -0.39 is 0 Å². The van der Waals surface area contributed by atoms with Gasteiger partial charge in [0.15, 0.2) is 0 Å². The molecule has 2 nitrogen and oxygen atoms in total. The quantitative estimate of drug-likeness (QED) is 0.814. The average Bonchev–Trinajstić information content (AvgIpc) is 2.72. The highest BCUT2D eigenvalue weighted by Crippen LogP contribution is 2.46. The van der Waals surface area contributed by atoms with E-state index in [0.29, 0.717) is 6.04 Å². The van der Waals surface area contributed by atoms with Gasteiger partial charge in [0.1, 0.15) is 5.15 Å². The zero-order valence-electron chi connectivity index (χ0n) is 10.8. The molecule has 2 aliphatic rings. The summed E-state index contributed by atoms with van der Waals surface area (Å²) in [5.41, 5.74) is 5.13. The van der Waals surface area contributed by atoms with Gasteiger partial charge in [-0.25, -0.2) is 0 Å². The number of likely N-dealkylation sites (N-methyl/N-ethyl adjacent to an activating group) is 1. The van der Waals surface area contributed by atoms with Gasteiger partial charge in [-0.3, -0.25) is 0 Å². The first-order valence-corrected chi connectivity index (χ1v) is 7.37. The molecule has 2 unspecified atom stereocenters. The highest BCUT2D eigenvalue weighted by atomic mass is 35.5. The van der Waals surface area contributed by atoms with Crippen LogP contribution in [0.1, 0.15) is 42.0 Å². The number of hydrogen-bond donors (Lipinski definition) is 1. The summed E-state index contributed by atoms with van der Waals surface area (Å²) in [6, 6.07) is 0.557. The summed E-state index contributed by atoms with van der Waals surface area (Å²) in [4.78, 5) is 5.69. The first-order valence-electron chi connectivity index (χ1n) is 6.55. The summed E-state index contributed by atoms with van der Waals surface area (Å²) in [6.45, 7) is 3.27. The molecule has 0 fully saturated rings. The van der Waals surface area contributed by atoms with Crippen LogP contribution in [0.2, 0.25) is 5.15 Å². The van der Waals surface area contributed by atoms with Crippen molar-refractivity contribution in [2.75, 3.05) is 13.6 Å². The van der Waals surface area contributed by atoms with Crippen LogP contribution in [-0.4, -0.2) is 29.5 Å². The van der Waals surface area contributed by atoms with Crippen LogP contribution in [0.5, 0.6) is 0 Å². The molecule has 0 radical (unpaired) electrons. The van der Waals surface area contributed by atoms with E-state index in [9.17, 15) is 0 Å². The predicted octanol–water partition coefficient (Wildman–Crippen LogP) is 4.00. The smallest absolute Gasteiger partial charge is 0.110 e. The molecule has 4 heteroatoms. The van der Waals surface area contributed by atoms with Crippen LogP contribution in [0.4, 0.5) is 0 Å². The largest absolute Gasteiger partial charge is 0.348 e. The van der Waals surface area contributed by atoms with Crippen molar-refractivity contribution in [2.24, 2.45) is 0 Å². The lowest BCUT2D eigenvalue weighted by Gasteiger charge is -2.34. The minimum Gasteiger partial charge on any atom is -0.348 e. The van der Waals surface area contributed by atoms with Gasteiger partial charge in [-0.2, -0.15) is 0 Å². The van der Waals surface area contributed by atoms with Crippen molar-refractivity contribution in [3.05, 3.63) is 28.0 Å². The van der Waals surface area contributed by atoms with Crippen LogP contribution in [0, 0.1) is 0 Å². The van der Waals surface area contributed by atoms with Gasteiger partial charge < -0.3 is 9.88 Å². The van der Waals surface area contributed by atoms with Crippen LogP contribution < -0.4 is 0 Å². The fraction of sp³-hybridized carbons (Fsp3) is 0.571. The third-order valence-corrected chi connectivity index (χ3v) is 5.02. The summed E-state index contributed by atoms with van der Waals surface area (Å²) >= 11 is 12.7. The monoisotopic (exact) mass is 284 g/mol. The van der Waals surface area contributed by atoms with Gasteiger partial charge in [0.25, 0.3) is 0 Å². The SMILES string of the molecule is CCN(C)C1CC2=CCC(Cl)c3[nH]c(Cl)c(c32)C1. The van der Waals surface area contributed by atoms with E-state index in [1.54, 1.807) is 0 Å². The normalized spacial score (nSPS) is 26.2. The van der Waals surface area contributed by atoms with Gasteiger partial charge in [-0.15, -0.1) is 11.6 Å². The van der Waals surface area contributed by atoms with Gasteiger partial charge in [0.05, 0.1) is 5.38 Å². The second-order valence-electron chi connectivity index (χ2n) is 5.27.